The van der Waals surface area contributed by atoms with Gasteiger partial charge in [-0.1, -0.05) is 0 Å². The number of hydrogen-bond donors (Lipinski definition) is 1. The molecular formula is C10H12BrN5S. The van der Waals surface area contributed by atoms with Crippen molar-refractivity contribution < 1.29 is 0 Å². The van der Waals surface area contributed by atoms with Gasteiger partial charge in [0.2, 0.25) is 5.95 Å². The zero-order chi connectivity index (χ0) is 12.3. The van der Waals surface area contributed by atoms with Crippen LogP contribution in [0, 0.1) is 0 Å². The Kier molecular flexibility index (Phi) is 3.90. The molecule has 2 heterocycles. The number of nitrogens with zero attached hydrogens (tertiary/aromatic N) is 4. The predicted molar refractivity (Wildman–Crippen MR) is 73.5 cm³/mol. The van der Waals surface area contributed by atoms with Crippen LogP contribution in [0.25, 0.3) is 0 Å². The molecule has 5 nitrogen and oxygen atoms in total. The van der Waals surface area contributed by atoms with E-state index in [1.807, 2.05) is 22.8 Å². The molecule has 7 heteroatoms. The number of halogens is 1. The second-order valence-electron chi connectivity index (χ2n) is 3.45. The van der Waals surface area contributed by atoms with Crippen LogP contribution in [0.3, 0.4) is 0 Å². The molecule has 2 rings (SSSR count). The van der Waals surface area contributed by atoms with Crippen molar-refractivity contribution in [3.63, 3.8) is 0 Å². The topological polar surface area (TPSA) is 53.9 Å². The predicted octanol–water partition coefficient (Wildman–Crippen LogP) is 2.37. The molecule has 0 aliphatic heterocycles. The molecule has 0 atom stereocenters. The minimum Gasteiger partial charge on any atom is -0.357 e. The van der Waals surface area contributed by atoms with Crippen molar-refractivity contribution in [1.82, 2.24) is 15.0 Å². The molecule has 0 spiro atoms. The van der Waals surface area contributed by atoms with E-state index in [1.54, 1.807) is 24.6 Å². The number of anilines is 2. The molecular weight excluding hydrogens is 302 g/mol. The number of hydrogen-bond acceptors (Lipinski definition) is 6. The maximum atomic E-state index is 4.40. The normalized spacial score (nSPS) is 10.3. The number of aromatic nitrogens is 3. The van der Waals surface area contributed by atoms with E-state index in [2.05, 4.69) is 36.2 Å². The molecule has 0 amide bonds. The summed E-state index contributed by atoms with van der Waals surface area (Å²) < 4.78 is 0.870. The van der Waals surface area contributed by atoms with E-state index in [0.717, 1.165) is 22.5 Å². The van der Waals surface area contributed by atoms with Crippen LogP contribution in [0.15, 0.2) is 21.6 Å². The molecule has 0 aromatic carbocycles. The Morgan fingerprint density at radius 1 is 1.47 bits per heavy atom. The zero-order valence-corrected chi connectivity index (χ0v) is 11.9. The summed E-state index contributed by atoms with van der Waals surface area (Å²) in [5.41, 5.74) is 2.87. The van der Waals surface area contributed by atoms with Crippen LogP contribution in [-0.4, -0.2) is 29.0 Å². The lowest BCUT2D eigenvalue weighted by atomic mass is 10.4. The van der Waals surface area contributed by atoms with E-state index < -0.39 is 0 Å². The lowest BCUT2D eigenvalue weighted by Crippen LogP contribution is -2.19. The van der Waals surface area contributed by atoms with Gasteiger partial charge in [-0.15, -0.1) is 11.3 Å². The van der Waals surface area contributed by atoms with Gasteiger partial charge in [0.1, 0.15) is 5.82 Å². The van der Waals surface area contributed by atoms with Crippen LogP contribution in [0.5, 0.6) is 0 Å². The van der Waals surface area contributed by atoms with Gasteiger partial charge in [-0.05, 0) is 15.9 Å². The number of rotatable bonds is 4. The molecule has 0 radical (unpaired) electrons. The smallest absolute Gasteiger partial charge is 0.224 e. The van der Waals surface area contributed by atoms with Gasteiger partial charge in [0.25, 0.3) is 0 Å². The van der Waals surface area contributed by atoms with E-state index in [9.17, 15) is 0 Å². The molecule has 0 fully saturated rings. The lowest BCUT2D eigenvalue weighted by Gasteiger charge is -2.18. The van der Waals surface area contributed by atoms with E-state index in [4.69, 9.17) is 0 Å². The first-order valence-corrected chi connectivity index (χ1v) is 6.72. The second-order valence-corrected chi connectivity index (χ2v) is 5.02. The lowest BCUT2D eigenvalue weighted by molar-refractivity contribution is 0.866. The molecule has 0 unspecified atom stereocenters. The average molecular weight is 314 g/mol. The van der Waals surface area contributed by atoms with Crippen LogP contribution >= 0.6 is 27.3 Å². The molecule has 0 aliphatic carbocycles. The van der Waals surface area contributed by atoms with Crippen molar-refractivity contribution in [2.24, 2.45) is 0 Å². The highest BCUT2D eigenvalue weighted by Gasteiger charge is 2.10. The van der Waals surface area contributed by atoms with Gasteiger partial charge in [0.15, 0.2) is 0 Å². The zero-order valence-electron chi connectivity index (χ0n) is 9.51. The minimum absolute atomic E-state index is 0.605. The summed E-state index contributed by atoms with van der Waals surface area (Å²) in [7, 11) is 3.78. The fraction of sp³-hybridized carbons (Fsp3) is 0.300. The van der Waals surface area contributed by atoms with E-state index >= 15 is 0 Å². The van der Waals surface area contributed by atoms with Gasteiger partial charge < -0.3 is 10.2 Å². The summed E-state index contributed by atoms with van der Waals surface area (Å²) >= 11 is 5.05. The Bertz CT molecular complexity index is 487. The second kappa shape index (κ2) is 5.42. The number of thiazole rings is 1. The fourth-order valence-corrected chi connectivity index (χ4v) is 2.42. The molecule has 90 valence electrons. The molecule has 17 heavy (non-hydrogen) atoms. The van der Waals surface area contributed by atoms with Crippen LogP contribution in [0.1, 0.15) is 5.69 Å². The first-order valence-electron chi connectivity index (χ1n) is 4.99. The van der Waals surface area contributed by atoms with Crippen molar-refractivity contribution in [3.8, 4) is 0 Å². The summed E-state index contributed by atoms with van der Waals surface area (Å²) in [6.45, 7) is 0.724. The van der Waals surface area contributed by atoms with Gasteiger partial charge in [-0.3, -0.25) is 0 Å². The summed E-state index contributed by atoms with van der Waals surface area (Å²) in [5, 5.41) is 4.96. The minimum atomic E-state index is 0.605. The van der Waals surface area contributed by atoms with Gasteiger partial charge in [-0.25, -0.2) is 9.97 Å². The van der Waals surface area contributed by atoms with Crippen LogP contribution < -0.4 is 10.2 Å². The highest BCUT2D eigenvalue weighted by molar-refractivity contribution is 9.10. The van der Waals surface area contributed by atoms with E-state index in [1.165, 1.54) is 0 Å². The fourth-order valence-electron chi connectivity index (χ4n) is 1.38. The number of nitrogens with one attached hydrogen (secondary N) is 1. The Balaban J connectivity index is 2.20. The van der Waals surface area contributed by atoms with Crippen molar-refractivity contribution in [2.45, 2.75) is 6.54 Å². The van der Waals surface area contributed by atoms with Crippen LogP contribution in [-0.2, 0) is 6.54 Å². The highest BCUT2D eigenvalue weighted by Crippen LogP contribution is 2.24. The molecule has 0 bridgehead atoms. The summed E-state index contributed by atoms with van der Waals surface area (Å²) in [4.78, 5) is 14.8. The Morgan fingerprint density at radius 2 is 2.29 bits per heavy atom. The van der Waals surface area contributed by atoms with Gasteiger partial charge in [0, 0.05) is 25.7 Å². The van der Waals surface area contributed by atoms with Gasteiger partial charge >= 0.3 is 0 Å². The largest absolute Gasteiger partial charge is 0.357 e. The Labute approximate surface area is 112 Å². The molecule has 0 saturated carbocycles. The first-order chi connectivity index (χ1) is 8.20. The van der Waals surface area contributed by atoms with Crippen LogP contribution in [0.4, 0.5) is 11.8 Å². The van der Waals surface area contributed by atoms with Crippen molar-refractivity contribution in [3.05, 3.63) is 27.3 Å². The van der Waals surface area contributed by atoms with Crippen molar-refractivity contribution in [2.75, 3.05) is 24.3 Å². The van der Waals surface area contributed by atoms with E-state index in [-0.39, 0.29) is 0 Å². The first kappa shape index (κ1) is 12.3. The Hall–Kier alpha value is -1.21. The SMILES string of the molecule is CNc1ncc(Br)c(N(C)Cc2cscn2)n1. The van der Waals surface area contributed by atoms with Crippen molar-refractivity contribution >= 4 is 39.0 Å². The van der Waals surface area contributed by atoms with Crippen LogP contribution in [0.2, 0.25) is 0 Å². The molecule has 0 aliphatic rings. The average Bonchev–Trinajstić information content (AvgIpc) is 2.82. The highest BCUT2D eigenvalue weighted by atomic mass is 79.9. The monoisotopic (exact) mass is 313 g/mol. The third-order valence-electron chi connectivity index (χ3n) is 2.19. The summed E-state index contributed by atoms with van der Waals surface area (Å²) in [6, 6.07) is 0. The Morgan fingerprint density at radius 3 is 2.94 bits per heavy atom. The third-order valence-corrected chi connectivity index (χ3v) is 3.39. The summed E-state index contributed by atoms with van der Waals surface area (Å²) in [5.74, 6) is 1.45. The maximum Gasteiger partial charge on any atom is 0.224 e. The van der Waals surface area contributed by atoms with Gasteiger partial charge in [0.05, 0.1) is 22.2 Å². The van der Waals surface area contributed by atoms with E-state index in [0.29, 0.717) is 5.95 Å². The standard InChI is InChI=1S/C10H12BrN5S/c1-12-10-13-3-8(11)9(15-10)16(2)4-7-5-17-6-14-7/h3,5-6H,4H2,1-2H3,(H,12,13,15). The maximum absolute atomic E-state index is 4.40. The molecule has 2 aromatic rings. The van der Waals surface area contributed by atoms with Gasteiger partial charge in [-0.2, -0.15) is 4.98 Å². The molecule has 0 saturated heterocycles. The quantitative estimate of drug-likeness (QED) is 0.939. The van der Waals surface area contributed by atoms with Crippen molar-refractivity contribution in [1.29, 1.82) is 0 Å². The molecule has 2 aromatic heterocycles. The third kappa shape index (κ3) is 2.92. The summed E-state index contributed by atoms with van der Waals surface area (Å²) in [6.07, 6.45) is 1.74. The molecule has 1 N–H and O–H groups in total.